The molecule has 0 saturated carbocycles. The predicted molar refractivity (Wildman–Crippen MR) is 286 cm³/mol. The Bertz CT molecular complexity index is 3950. The van der Waals surface area contributed by atoms with E-state index in [0.29, 0.717) is 83.6 Å². The van der Waals surface area contributed by atoms with Crippen LogP contribution in [-0.2, 0) is 4.79 Å². The number of rotatable bonds is 7. The number of carbonyl (C=O) groups is 1. The number of hydrogen-bond acceptors (Lipinski definition) is 14. The summed E-state index contributed by atoms with van der Waals surface area (Å²) in [6, 6.07) is 43.5. The number of aromatic hydroxyl groups is 10. The van der Waals surface area contributed by atoms with Crippen molar-refractivity contribution >= 4 is 5.97 Å². The Kier molecular flexibility index (Phi) is 10.5. The van der Waals surface area contributed by atoms with E-state index < -0.39 is 59.6 Å². The van der Waals surface area contributed by atoms with Gasteiger partial charge in [0.25, 0.3) is 0 Å². The molecule has 0 bridgehead atoms. The van der Waals surface area contributed by atoms with Gasteiger partial charge in [0.05, 0.1) is 18.3 Å². The van der Waals surface area contributed by atoms with E-state index in [1.807, 2.05) is 12.1 Å². The largest absolute Gasteiger partial charge is 0.508 e. The van der Waals surface area contributed by atoms with Crippen LogP contribution in [0.5, 0.6) is 74.7 Å². The summed E-state index contributed by atoms with van der Waals surface area (Å²) in [5.41, 5.74) is 8.07. The van der Waals surface area contributed by atoms with Crippen LogP contribution >= 0.6 is 0 Å². The molecule has 3 aliphatic heterocycles. The van der Waals surface area contributed by atoms with Crippen molar-refractivity contribution in [1.82, 2.24) is 0 Å². The summed E-state index contributed by atoms with van der Waals surface area (Å²) < 4.78 is 21.1. The van der Waals surface area contributed by atoms with Gasteiger partial charge in [0, 0.05) is 75.6 Å². The average molecular weight is 1050 g/mol. The summed E-state index contributed by atoms with van der Waals surface area (Å²) >= 11 is 0. The number of benzene rings is 9. The van der Waals surface area contributed by atoms with Gasteiger partial charge in [0.15, 0.2) is 0 Å². The monoisotopic (exact) mass is 1050 g/mol. The molecule has 0 amide bonds. The van der Waals surface area contributed by atoms with Gasteiger partial charge in [0.2, 0.25) is 0 Å². The molecule has 0 saturated heterocycles. The molecule has 392 valence electrons. The van der Waals surface area contributed by atoms with E-state index in [2.05, 4.69) is 0 Å². The van der Waals surface area contributed by atoms with Crippen LogP contribution in [0.25, 0.3) is 0 Å². The lowest BCUT2D eigenvalue weighted by atomic mass is 9.68. The Morgan fingerprint density at radius 3 is 1.37 bits per heavy atom. The zero-order chi connectivity index (χ0) is 54.3. The summed E-state index contributed by atoms with van der Waals surface area (Å²) in [4.78, 5) is 14.7. The van der Waals surface area contributed by atoms with E-state index in [4.69, 9.17) is 14.2 Å². The van der Waals surface area contributed by atoms with E-state index >= 15 is 0 Å². The van der Waals surface area contributed by atoms with Crippen LogP contribution in [0.1, 0.15) is 138 Å². The first-order valence-electron chi connectivity index (χ1n) is 25.8. The van der Waals surface area contributed by atoms with Crippen molar-refractivity contribution in [3.8, 4) is 74.7 Å². The van der Waals surface area contributed by atoms with Gasteiger partial charge in [-0.15, -0.1) is 0 Å². The molecule has 14 heteroatoms. The highest BCUT2D eigenvalue weighted by molar-refractivity contribution is 5.85. The van der Waals surface area contributed by atoms with Gasteiger partial charge in [0.1, 0.15) is 87.0 Å². The molecule has 0 spiro atoms. The molecule has 79 heavy (non-hydrogen) atoms. The summed E-state index contributed by atoms with van der Waals surface area (Å²) in [5, 5.41) is 113. The normalized spacial score (nSPS) is 22.8. The van der Waals surface area contributed by atoms with Crippen LogP contribution in [0.3, 0.4) is 0 Å². The second-order valence-corrected chi connectivity index (χ2v) is 21.2. The van der Waals surface area contributed by atoms with Crippen LogP contribution < -0.4 is 14.2 Å². The molecule has 0 radical (unpaired) electrons. The standard InChI is InChI=1S/C65H48O14/c66-35-11-1-29(2-12-35)44-28-49(76)78-64-57(44)65-61-56(63(79-65)33-9-19-39(70)20-10-33)45-24-42(73)26-47(75)53(45)50(30-3-13-36(67)14-4-30)58-51(31-5-15-37(68)16-6-31)55(60(64)59(58)61)46-25-43(74)27-48-54(46)52(34-21-40(71)23-41(72)22-34)62(77-48)32-7-17-38(69)18-8-32/h1-27,44,50-52,55-56,58,62-63,66-75H,28H2/t44-,50?,51+,52+,55+,56+,58?,62-,63-/m1/s1. The van der Waals surface area contributed by atoms with Crippen molar-refractivity contribution in [3.05, 3.63) is 242 Å². The number of esters is 1. The molecule has 14 rings (SSSR count). The smallest absolute Gasteiger partial charge is 0.312 e. The number of carbonyl (C=O) groups excluding carboxylic acids is 1. The number of phenols is 10. The van der Waals surface area contributed by atoms with Crippen molar-refractivity contribution in [2.24, 2.45) is 0 Å². The minimum Gasteiger partial charge on any atom is -0.508 e. The second-order valence-electron chi connectivity index (χ2n) is 21.2. The zero-order valence-corrected chi connectivity index (χ0v) is 41.6. The summed E-state index contributed by atoms with van der Waals surface area (Å²) in [6.07, 6.45) is -1.92. The number of ether oxygens (including phenoxy) is 3. The predicted octanol–water partition coefficient (Wildman–Crippen LogP) is 11.9. The van der Waals surface area contributed by atoms with E-state index in [9.17, 15) is 55.9 Å². The Labute approximate surface area is 450 Å². The first-order valence-corrected chi connectivity index (χ1v) is 25.8. The molecule has 9 aromatic rings. The summed E-state index contributed by atoms with van der Waals surface area (Å²) in [7, 11) is 0. The van der Waals surface area contributed by atoms with Gasteiger partial charge >= 0.3 is 5.97 Å². The first kappa shape index (κ1) is 47.5. The van der Waals surface area contributed by atoms with Crippen LogP contribution in [0.4, 0.5) is 0 Å². The van der Waals surface area contributed by atoms with Gasteiger partial charge in [-0.05, 0) is 135 Å². The molecular weight excluding hydrogens is 1000 g/mol. The summed E-state index contributed by atoms with van der Waals surface area (Å²) in [6.45, 7) is 0. The van der Waals surface area contributed by atoms with Crippen molar-refractivity contribution in [1.29, 1.82) is 0 Å². The Morgan fingerprint density at radius 1 is 0.329 bits per heavy atom. The first-order chi connectivity index (χ1) is 38.2. The highest BCUT2D eigenvalue weighted by Crippen LogP contribution is 2.74. The topological polar surface area (TPSA) is 247 Å². The molecular formula is C65H48O14. The maximum atomic E-state index is 14.7. The molecule has 10 N–H and O–H groups in total. The number of hydrogen-bond donors (Lipinski definition) is 10. The van der Waals surface area contributed by atoms with Crippen molar-refractivity contribution in [2.75, 3.05) is 0 Å². The Morgan fingerprint density at radius 2 is 0.797 bits per heavy atom. The Hall–Kier alpha value is -9.95. The van der Waals surface area contributed by atoms with Crippen LogP contribution in [0.15, 0.2) is 164 Å². The quantitative estimate of drug-likeness (QED) is 0.0527. The second kappa shape index (κ2) is 17.5. The van der Waals surface area contributed by atoms with Crippen molar-refractivity contribution < 1.29 is 70.1 Å². The highest BCUT2D eigenvalue weighted by atomic mass is 16.5. The third-order valence-electron chi connectivity index (χ3n) is 16.8. The summed E-state index contributed by atoms with van der Waals surface area (Å²) in [5.74, 6) is -6.61. The molecule has 0 fully saturated rings. The average Bonchev–Trinajstić information content (AvgIpc) is 2.63. The van der Waals surface area contributed by atoms with E-state index in [-0.39, 0.29) is 75.4 Å². The highest BCUT2D eigenvalue weighted by Gasteiger charge is 2.59. The van der Waals surface area contributed by atoms with Gasteiger partial charge < -0.3 is 65.3 Å². The van der Waals surface area contributed by atoms with Gasteiger partial charge in [-0.3, -0.25) is 4.79 Å². The maximum absolute atomic E-state index is 14.7. The van der Waals surface area contributed by atoms with Gasteiger partial charge in [-0.1, -0.05) is 60.7 Å². The minimum atomic E-state index is -0.944. The lowest BCUT2D eigenvalue weighted by Gasteiger charge is -2.35. The minimum absolute atomic E-state index is 0.00691. The van der Waals surface area contributed by atoms with E-state index in [1.165, 1.54) is 42.5 Å². The molecule has 9 atom stereocenters. The molecule has 3 heterocycles. The van der Waals surface area contributed by atoms with Gasteiger partial charge in [-0.25, -0.2) is 0 Å². The molecule has 2 aliphatic carbocycles. The van der Waals surface area contributed by atoms with Crippen LogP contribution in [-0.4, -0.2) is 57.0 Å². The van der Waals surface area contributed by atoms with Crippen LogP contribution in [0, 0.1) is 0 Å². The molecule has 0 aromatic heterocycles. The fourth-order valence-electron chi connectivity index (χ4n) is 13.9. The zero-order valence-electron chi connectivity index (χ0n) is 41.6. The molecule has 9 aromatic carbocycles. The molecule has 14 nitrogen and oxygen atoms in total. The van der Waals surface area contributed by atoms with E-state index in [0.717, 1.165) is 0 Å². The molecule has 2 unspecified atom stereocenters. The lowest BCUT2D eigenvalue weighted by Crippen LogP contribution is -2.24. The fraction of sp³-hybridized carbons (Fsp3) is 0.154. The van der Waals surface area contributed by atoms with E-state index in [1.54, 1.807) is 109 Å². The third-order valence-corrected chi connectivity index (χ3v) is 16.8. The molecule has 5 aliphatic rings. The third kappa shape index (κ3) is 7.42. The van der Waals surface area contributed by atoms with Crippen LogP contribution in [0.2, 0.25) is 0 Å². The van der Waals surface area contributed by atoms with Crippen molar-refractivity contribution in [3.63, 3.8) is 0 Å². The lowest BCUT2D eigenvalue weighted by molar-refractivity contribution is -0.135. The number of fused-ring (bicyclic) bond motifs is 6. The van der Waals surface area contributed by atoms with Crippen molar-refractivity contribution in [2.45, 2.75) is 60.1 Å². The number of phenolic OH excluding ortho intramolecular Hbond substituents is 10. The maximum Gasteiger partial charge on any atom is 0.312 e. The van der Waals surface area contributed by atoms with Gasteiger partial charge in [-0.2, -0.15) is 0 Å². The SMILES string of the molecule is O=C1C[C@H](c2ccc(O)cc2)c2c3c4c5c(c2O1)[C@@H](c1cc(O)cc2c1[C@H](c1cc(O)cc(O)c1)[C@@H](c1ccc(O)cc1)O2)[C@H](c1ccc(O)cc1)C5C(c1ccc(O)cc1)c1c(O)cc(O)cc1[C@@H]4[C@@H](c1ccc(O)cc1)O3. The Balaban J connectivity index is 1.17. The fourth-order valence-corrected chi connectivity index (χ4v) is 13.9.